The lowest BCUT2D eigenvalue weighted by molar-refractivity contribution is -0.135. The maximum Gasteiger partial charge on any atom is 0.193 e. The molecule has 1 saturated carbocycles. The molecule has 2 aliphatic heterocycles. The summed E-state index contributed by atoms with van der Waals surface area (Å²) in [5.74, 6) is 2.45. The first-order chi connectivity index (χ1) is 12.7. The highest BCUT2D eigenvalue weighted by molar-refractivity contribution is 8.13. The van der Waals surface area contributed by atoms with E-state index >= 15 is 0 Å². The summed E-state index contributed by atoms with van der Waals surface area (Å²) in [7, 11) is 0. The first-order valence-electron chi connectivity index (χ1n) is 10.6. The molecule has 0 aromatic rings. The van der Waals surface area contributed by atoms with Crippen LogP contribution in [0.15, 0.2) is 0 Å². The maximum atomic E-state index is 12.8. The maximum absolute atomic E-state index is 12.8. The number of Topliss-reactive ketones (excluding diaryl/α,β-unsaturated/α-hetero) is 1. The van der Waals surface area contributed by atoms with Crippen LogP contribution in [-0.2, 0) is 19.1 Å². The van der Waals surface area contributed by atoms with E-state index in [4.69, 9.17) is 9.47 Å². The second-order valence-electron chi connectivity index (χ2n) is 9.07. The van der Waals surface area contributed by atoms with Crippen LogP contribution >= 0.6 is 11.8 Å². The van der Waals surface area contributed by atoms with E-state index in [9.17, 15) is 9.59 Å². The SMILES string of the molecule is CC(=O)C1C(C)C(C)CC(CC(C)C)C1C(=O)SCC1CO1.CCC1CO1. The summed E-state index contributed by atoms with van der Waals surface area (Å²) in [5, 5.41) is 0.222. The summed E-state index contributed by atoms with van der Waals surface area (Å²) in [4.78, 5) is 25.1. The van der Waals surface area contributed by atoms with Crippen molar-refractivity contribution in [2.24, 2.45) is 35.5 Å². The number of hydrogen-bond donors (Lipinski definition) is 0. The summed E-state index contributed by atoms with van der Waals surface area (Å²) >= 11 is 1.39. The molecule has 3 rings (SSSR count). The van der Waals surface area contributed by atoms with Crippen LogP contribution < -0.4 is 0 Å². The van der Waals surface area contributed by atoms with Gasteiger partial charge in [0, 0.05) is 17.6 Å². The highest BCUT2D eigenvalue weighted by atomic mass is 32.2. The van der Waals surface area contributed by atoms with E-state index in [2.05, 4.69) is 34.6 Å². The summed E-state index contributed by atoms with van der Waals surface area (Å²) in [6.45, 7) is 14.4. The average Bonchev–Trinajstić information content (AvgIpc) is 3.48. The Balaban J connectivity index is 0.000000451. The van der Waals surface area contributed by atoms with Gasteiger partial charge in [-0.25, -0.2) is 0 Å². The fraction of sp³-hybridized carbons (Fsp3) is 0.909. The number of carbonyl (C=O) groups excluding carboxylic acids is 2. The molecule has 5 heteroatoms. The van der Waals surface area contributed by atoms with Crippen molar-refractivity contribution in [1.82, 2.24) is 0 Å². The summed E-state index contributed by atoms with van der Waals surface area (Å²) in [6, 6.07) is 0. The zero-order valence-electron chi connectivity index (χ0n) is 17.9. The molecule has 7 atom stereocenters. The van der Waals surface area contributed by atoms with Crippen molar-refractivity contribution in [3.05, 3.63) is 0 Å². The summed E-state index contributed by atoms with van der Waals surface area (Å²) < 4.78 is 10.1. The quantitative estimate of drug-likeness (QED) is 0.587. The number of rotatable bonds is 7. The third kappa shape index (κ3) is 7.17. The van der Waals surface area contributed by atoms with Gasteiger partial charge in [0.2, 0.25) is 0 Å². The Bertz CT molecular complexity index is 499. The van der Waals surface area contributed by atoms with Gasteiger partial charge in [0.15, 0.2) is 5.12 Å². The van der Waals surface area contributed by atoms with Gasteiger partial charge in [-0.15, -0.1) is 0 Å². The molecule has 0 N–H and O–H groups in total. The van der Waals surface area contributed by atoms with Crippen molar-refractivity contribution in [1.29, 1.82) is 0 Å². The minimum Gasteiger partial charge on any atom is -0.373 e. The third-order valence-electron chi connectivity index (χ3n) is 6.22. The fourth-order valence-corrected chi connectivity index (χ4v) is 5.44. The van der Waals surface area contributed by atoms with Crippen molar-refractivity contribution >= 4 is 22.7 Å². The molecule has 7 unspecified atom stereocenters. The molecule has 0 amide bonds. The highest BCUT2D eigenvalue weighted by Gasteiger charge is 2.46. The number of ether oxygens (including phenoxy) is 2. The van der Waals surface area contributed by atoms with Crippen LogP contribution in [0.4, 0.5) is 0 Å². The van der Waals surface area contributed by atoms with E-state index in [0.29, 0.717) is 29.8 Å². The number of epoxide rings is 2. The zero-order valence-corrected chi connectivity index (χ0v) is 18.7. The fourth-order valence-electron chi connectivity index (χ4n) is 4.36. The third-order valence-corrected chi connectivity index (χ3v) is 7.32. The first kappa shape index (κ1) is 22.9. The van der Waals surface area contributed by atoms with E-state index in [1.54, 1.807) is 6.92 Å². The molecule has 1 aliphatic carbocycles. The Morgan fingerprint density at radius 3 is 2.07 bits per heavy atom. The summed E-state index contributed by atoms with van der Waals surface area (Å²) in [6.07, 6.45) is 4.20. The van der Waals surface area contributed by atoms with E-state index in [1.807, 2.05) is 0 Å². The standard InChI is InChI=1S/C18H30O3S.C4H8O/c1-10(2)6-14-7-11(3)12(4)16(13(5)19)17(14)18(20)22-9-15-8-21-15;1-2-4-3-5-4/h10-12,14-17H,6-9H2,1-5H3;4H,2-3H2,1H3. The molecule has 0 bridgehead atoms. The number of carbonyl (C=O) groups is 2. The Morgan fingerprint density at radius 1 is 1.07 bits per heavy atom. The van der Waals surface area contributed by atoms with Gasteiger partial charge in [0.05, 0.1) is 25.4 Å². The second-order valence-corrected chi connectivity index (χ2v) is 10.1. The predicted molar refractivity (Wildman–Crippen MR) is 111 cm³/mol. The lowest BCUT2D eigenvalue weighted by Gasteiger charge is -2.44. The van der Waals surface area contributed by atoms with Gasteiger partial charge < -0.3 is 9.47 Å². The van der Waals surface area contributed by atoms with Crippen molar-refractivity contribution in [2.45, 2.75) is 73.0 Å². The number of thioether (sulfide) groups is 1. The van der Waals surface area contributed by atoms with Crippen LogP contribution in [-0.4, -0.2) is 42.1 Å². The number of ketones is 1. The zero-order chi connectivity index (χ0) is 20.1. The average molecular weight is 399 g/mol. The predicted octanol–water partition coefficient (Wildman–Crippen LogP) is 4.60. The molecule has 0 spiro atoms. The molecule has 3 aliphatic rings. The van der Waals surface area contributed by atoms with E-state index in [0.717, 1.165) is 31.8 Å². The topological polar surface area (TPSA) is 59.2 Å². The van der Waals surface area contributed by atoms with Gasteiger partial charge >= 0.3 is 0 Å². The summed E-state index contributed by atoms with van der Waals surface area (Å²) in [5.41, 5.74) is 0. The van der Waals surface area contributed by atoms with E-state index in [-0.39, 0.29) is 28.8 Å². The highest BCUT2D eigenvalue weighted by Crippen LogP contribution is 2.47. The van der Waals surface area contributed by atoms with Crippen molar-refractivity contribution < 1.29 is 19.1 Å². The van der Waals surface area contributed by atoms with Crippen LogP contribution in [0, 0.1) is 35.5 Å². The monoisotopic (exact) mass is 398 g/mol. The Hall–Kier alpha value is -0.390. The van der Waals surface area contributed by atoms with Gasteiger partial charge in [-0.05, 0) is 49.9 Å². The van der Waals surface area contributed by atoms with E-state index < -0.39 is 0 Å². The molecule has 2 saturated heterocycles. The van der Waals surface area contributed by atoms with Gasteiger partial charge in [-0.2, -0.15) is 0 Å². The second kappa shape index (κ2) is 10.4. The Morgan fingerprint density at radius 2 is 1.67 bits per heavy atom. The normalized spacial score (nSPS) is 37.4. The molecule has 156 valence electrons. The molecule has 0 aromatic heterocycles. The lowest BCUT2D eigenvalue weighted by atomic mass is 9.60. The van der Waals surface area contributed by atoms with Crippen molar-refractivity contribution in [2.75, 3.05) is 19.0 Å². The van der Waals surface area contributed by atoms with Crippen LogP contribution in [0.5, 0.6) is 0 Å². The van der Waals surface area contributed by atoms with Crippen LogP contribution in [0.1, 0.15) is 60.8 Å². The molecular weight excluding hydrogens is 360 g/mol. The van der Waals surface area contributed by atoms with Crippen LogP contribution in [0.25, 0.3) is 0 Å². The number of hydrogen-bond acceptors (Lipinski definition) is 5. The van der Waals surface area contributed by atoms with E-state index in [1.165, 1.54) is 18.2 Å². The van der Waals surface area contributed by atoms with Crippen molar-refractivity contribution in [3.8, 4) is 0 Å². The molecule has 2 heterocycles. The molecule has 4 nitrogen and oxygen atoms in total. The first-order valence-corrected chi connectivity index (χ1v) is 11.6. The molecule has 0 radical (unpaired) electrons. The Labute approximate surface area is 169 Å². The van der Waals surface area contributed by atoms with Crippen molar-refractivity contribution in [3.63, 3.8) is 0 Å². The van der Waals surface area contributed by atoms with Gasteiger partial charge in [-0.3, -0.25) is 9.59 Å². The molecule has 3 fully saturated rings. The van der Waals surface area contributed by atoms with Gasteiger partial charge in [-0.1, -0.05) is 46.4 Å². The molecular formula is C22H38O4S. The smallest absolute Gasteiger partial charge is 0.193 e. The van der Waals surface area contributed by atoms with Crippen LogP contribution in [0.3, 0.4) is 0 Å². The lowest BCUT2D eigenvalue weighted by Crippen LogP contribution is -2.45. The largest absolute Gasteiger partial charge is 0.373 e. The van der Waals surface area contributed by atoms with Gasteiger partial charge in [0.1, 0.15) is 5.78 Å². The molecule has 27 heavy (non-hydrogen) atoms. The minimum atomic E-state index is -0.104. The Kier molecular flexibility index (Phi) is 8.82. The van der Waals surface area contributed by atoms with Gasteiger partial charge in [0.25, 0.3) is 0 Å². The minimum absolute atomic E-state index is 0.102. The molecule has 0 aromatic carbocycles. The van der Waals surface area contributed by atoms with Crippen LogP contribution in [0.2, 0.25) is 0 Å².